The van der Waals surface area contributed by atoms with E-state index in [1.807, 2.05) is 0 Å². The molecule has 1 aliphatic heterocycles. The van der Waals surface area contributed by atoms with Gasteiger partial charge in [0.1, 0.15) is 12.1 Å². The minimum atomic E-state index is -0.638. The number of nitrogens with one attached hydrogen (secondary N) is 2. The van der Waals surface area contributed by atoms with Crippen molar-refractivity contribution in [3.8, 4) is 0 Å². The van der Waals surface area contributed by atoms with E-state index in [1.165, 1.54) is 19.3 Å². The number of rotatable bonds is 10. The zero-order valence-corrected chi connectivity index (χ0v) is 12.8. The number of carbonyl (C=O) groups is 3. The highest BCUT2D eigenvalue weighted by molar-refractivity contribution is 5.93. The molecule has 1 aliphatic rings. The van der Waals surface area contributed by atoms with Crippen LogP contribution in [0.4, 0.5) is 0 Å². The van der Waals surface area contributed by atoms with E-state index in [1.54, 1.807) is 0 Å². The van der Waals surface area contributed by atoms with Crippen molar-refractivity contribution in [1.29, 1.82) is 0 Å². The lowest BCUT2D eigenvalue weighted by molar-refractivity contribution is -0.129. The summed E-state index contributed by atoms with van der Waals surface area (Å²) in [6, 6.07) is -1.16. The first-order valence-electron chi connectivity index (χ1n) is 7.93. The third kappa shape index (κ3) is 6.60. The van der Waals surface area contributed by atoms with Crippen molar-refractivity contribution in [2.45, 2.75) is 76.8 Å². The van der Waals surface area contributed by atoms with Crippen molar-refractivity contribution in [2.24, 2.45) is 5.73 Å². The standard InChI is InChI=1S/C15H27N3O3/c1-2-3-4-5-6-7-8-11(14(16)20)18-15(21)12-9-10-13(19)17-12/h11-12H,2-10H2,1H3,(H2,16,20)(H,17,19)(H,18,21)/t11-,12+/m0/s1. The fourth-order valence-electron chi connectivity index (χ4n) is 2.50. The molecule has 120 valence electrons. The third-order valence-corrected chi connectivity index (χ3v) is 3.82. The zero-order chi connectivity index (χ0) is 15.7. The lowest BCUT2D eigenvalue weighted by Gasteiger charge is -2.18. The molecule has 0 aliphatic carbocycles. The SMILES string of the molecule is CCCCCCCC[C@H](NC(=O)[C@H]1CCC(=O)N1)C(N)=O. The minimum absolute atomic E-state index is 0.123. The van der Waals surface area contributed by atoms with Crippen molar-refractivity contribution >= 4 is 17.7 Å². The molecule has 0 spiro atoms. The van der Waals surface area contributed by atoms with Gasteiger partial charge in [0.15, 0.2) is 0 Å². The van der Waals surface area contributed by atoms with Crippen LogP contribution in [0.5, 0.6) is 0 Å². The van der Waals surface area contributed by atoms with E-state index in [9.17, 15) is 14.4 Å². The molecule has 0 aromatic heterocycles. The van der Waals surface area contributed by atoms with E-state index in [0.717, 1.165) is 19.3 Å². The third-order valence-electron chi connectivity index (χ3n) is 3.82. The summed E-state index contributed by atoms with van der Waals surface area (Å²) in [6.45, 7) is 2.17. The molecule has 2 atom stereocenters. The topological polar surface area (TPSA) is 101 Å². The van der Waals surface area contributed by atoms with E-state index in [-0.39, 0.29) is 11.8 Å². The molecule has 0 radical (unpaired) electrons. The Hall–Kier alpha value is -1.59. The van der Waals surface area contributed by atoms with Crippen molar-refractivity contribution in [3.63, 3.8) is 0 Å². The van der Waals surface area contributed by atoms with Gasteiger partial charge in [-0.25, -0.2) is 0 Å². The Morgan fingerprint density at radius 1 is 1.29 bits per heavy atom. The Bertz CT molecular complexity index is 371. The maximum atomic E-state index is 11.9. The Morgan fingerprint density at radius 2 is 1.95 bits per heavy atom. The van der Waals surface area contributed by atoms with Gasteiger partial charge in [0.05, 0.1) is 0 Å². The van der Waals surface area contributed by atoms with Crippen LogP contribution in [0.25, 0.3) is 0 Å². The fourth-order valence-corrected chi connectivity index (χ4v) is 2.50. The summed E-state index contributed by atoms with van der Waals surface area (Å²) < 4.78 is 0. The largest absolute Gasteiger partial charge is 0.368 e. The zero-order valence-electron chi connectivity index (χ0n) is 12.8. The van der Waals surface area contributed by atoms with Crippen LogP contribution < -0.4 is 16.4 Å². The Labute approximate surface area is 126 Å². The number of nitrogens with two attached hydrogens (primary N) is 1. The molecule has 0 unspecified atom stereocenters. The number of hydrogen-bond donors (Lipinski definition) is 3. The molecule has 1 saturated heterocycles. The van der Waals surface area contributed by atoms with Gasteiger partial charge in [-0.1, -0.05) is 45.4 Å². The molecule has 0 aromatic rings. The summed E-state index contributed by atoms with van der Waals surface area (Å²) in [5.74, 6) is -0.946. The van der Waals surface area contributed by atoms with Gasteiger partial charge in [0.2, 0.25) is 17.7 Å². The minimum Gasteiger partial charge on any atom is -0.368 e. The number of amides is 3. The average molecular weight is 297 g/mol. The van der Waals surface area contributed by atoms with Gasteiger partial charge in [-0.2, -0.15) is 0 Å². The molecular weight excluding hydrogens is 270 g/mol. The van der Waals surface area contributed by atoms with Crippen LogP contribution in [-0.4, -0.2) is 29.8 Å². The smallest absolute Gasteiger partial charge is 0.243 e. The molecule has 0 saturated carbocycles. The Balaban J connectivity index is 2.27. The molecule has 1 heterocycles. The Kier molecular flexibility index (Phi) is 7.79. The normalized spacial score (nSPS) is 19.1. The highest BCUT2D eigenvalue weighted by Crippen LogP contribution is 2.10. The van der Waals surface area contributed by atoms with Gasteiger partial charge in [-0.15, -0.1) is 0 Å². The van der Waals surface area contributed by atoms with Crippen molar-refractivity contribution in [1.82, 2.24) is 10.6 Å². The molecule has 21 heavy (non-hydrogen) atoms. The number of hydrogen-bond acceptors (Lipinski definition) is 3. The quantitative estimate of drug-likeness (QED) is 0.524. The van der Waals surface area contributed by atoms with Crippen molar-refractivity contribution < 1.29 is 14.4 Å². The number of carbonyl (C=O) groups excluding carboxylic acids is 3. The van der Waals surface area contributed by atoms with Crippen LogP contribution >= 0.6 is 0 Å². The highest BCUT2D eigenvalue weighted by Gasteiger charge is 2.29. The highest BCUT2D eigenvalue weighted by atomic mass is 16.2. The molecule has 6 nitrogen and oxygen atoms in total. The van der Waals surface area contributed by atoms with Gasteiger partial charge in [-0.05, 0) is 12.8 Å². The van der Waals surface area contributed by atoms with Gasteiger partial charge in [0, 0.05) is 6.42 Å². The van der Waals surface area contributed by atoms with Crippen molar-refractivity contribution in [3.05, 3.63) is 0 Å². The molecule has 6 heteroatoms. The molecule has 4 N–H and O–H groups in total. The molecule has 1 rings (SSSR count). The Morgan fingerprint density at radius 3 is 2.52 bits per heavy atom. The van der Waals surface area contributed by atoms with Crippen LogP contribution in [0.3, 0.4) is 0 Å². The summed E-state index contributed by atoms with van der Waals surface area (Å²) in [7, 11) is 0. The van der Waals surface area contributed by atoms with Gasteiger partial charge >= 0.3 is 0 Å². The second-order valence-electron chi connectivity index (χ2n) is 5.68. The maximum absolute atomic E-state index is 11.9. The van der Waals surface area contributed by atoms with Gasteiger partial charge in [0.25, 0.3) is 0 Å². The average Bonchev–Trinajstić information content (AvgIpc) is 2.87. The summed E-state index contributed by atoms with van der Waals surface area (Å²) in [5, 5.41) is 5.24. The van der Waals surface area contributed by atoms with Crippen LogP contribution in [0.2, 0.25) is 0 Å². The predicted molar refractivity (Wildman–Crippen MR) is 80.3 cm³/mol. The summed E-state index contributed by atoms with van der Waals surface area (Å²) in [6.07, 6.45) is 8.10. The lowest BCUT2D eigenvalue weighted by atomic mass is 10.0. The fraction of sp³-hybridized carbons (Fsp3) is 0.800. The first kappa shape index (κ1) is 17.5. The van der Waals surface area contributed by atoms with E-state index < -0.39 is 18.0 Å². The van der Waals surface area contributed by atoms with Crippen LogP contribution in [0, 0.1) is 0 Å². The molecule has 0 bridgehead atoms. The van der Waals surface area contributed by atoms with Gasteiger partial charge in [-0.3, -0.25) is 14.4 Å². The summed E-state index contributed by atoms with van der Waals surface area (Å²) >= 11 is 0. The first-order valence-corrected chi connectivity index (χ1v) is 7.93. The van der Waals surface area contributed by atoms with Crippen molar-refractivity contribution in [2.75, 3.05) is 0 Å². The van der Waals surface area contributed by atoms with Crippen LogP contribution in [0.15, 0.2) is 0 Å². The second-order valence-corrected chi connectivity index (χ2v) is 5.68. The lowest BCUT2D eigenvalue weighted by Crippen LogP contribution is -2.50. The van der Waals surface area contributed by atoms with E-state index in [2.05, 4.69) is 17.6 Å². The van der Waals surface area contributed by atoms with E-state index in [4.69, 9.17) is 5.73 Å². The van der Waals surface area contributed by atoms with E-state index in [0.29, 0.717) is 19.3 Å². The molecule has 1 fully saturated rings. The van der Waals surface area contributed by atoms with E-state index >= 15 is 0 Å². The first-order chi connectivity index (χ1) is 10.0. The summed E-state index contributed by atoms with van der Waals surface area (Å²) in [5.41, 5.74) is 5.33. The monoisotopic (exact) mass is 297 g/mol. The predicted octanol–water partition coefficient (Wildman–Crippen LogP) is 0.986. The number of primary amides is 1. The molecule has 0 aromatic carbocycles. The van der Waals surface area contributed by atoms with Crippen LogP contribution in [-0.2, 0) is 14.4 Å². The molecule has 3 amide bonds. The van der Waals surface area contributed by atoms with Gasteiger partial charge < -0.3 is 16.4 Å². The maximum Gasteiger partial charge on any atom is 0.243 e. The summed E-state index contributed by atoms with van der Waals surface area (Å²) in [4.78, 5) is 34.4. The van der Waals surface area contributed by atoms with Crippen LogP contribution in [0.1, 0.15) is 64.7 Å². The second kappa shape index (κ2) is 9.37. The number of unbranched alkanes of at least 4 members (excludes halogenated alkanes) is 5. The molecular formula is C15H27N3O3.